The van der Waals surface area contributed by atoms with Crippen LogP contribution in [0.5, 0.6) is 11.5 Å². The molecule has 14 nitrogen and oxygen atoms in total. The van der Waals surface area contributed by atoms with Crippen molar-refractivity contribution < 1.29 is 38.1 Å². The molecular formula is C41H50N6O8S2. The van der Waals surface area contributed by atoms with Crippen LogP contribution >= 0.6 is 24.4 Å². The summed E-state index contributed by atoms with van der Waals surface area (Å²) in [5, 5.41) is 13.4. The van der Waals surface area contributed by atoms with Crippen LogP contribution in [0, 0.1) is 0 Å². The Morgan fingerprint density at radius 2 is 1.09 bits per heavy atom. The van der Waals surface area contributed by atoms with Crippen LogP contribution < -0.4 is 30.7 Å². The first kappa shape index (κ1) is 41.4. The van der Waals surface area contributed by atoms with Crippen LogP contribution in [0.25, 0.3) is 0 Å². The number of benzene rings is 2. The van der Waals surface area contributed by atoms with Gasteiger partial charge in [-0.2, -0.15) is 0 Å². The van der Waals surface area contributed by atoms with Gasteiger partial charge >= 0.3 is 11.9 Å². The number of amides is 2. The molecule has 2 fully saturated rings. The van der Waals surface area contributed by atoms with Gasteiger partial charge in [-0.25, -0.2) is 9.59 Å². The van der Waals surface area contributed by atoms with E-state index in [4.69, 9.17) is 43.4 Å². The molecule has 2 aromatic rings. The summed E-state index contributed by atoms with van der Waals surface area (Å²) in [7, 11) is 2.67. The summed E-state index contributed by atoms with van der Waals surface area (Å²) in [5.41, 5.74) is 3.89. The highest BCUT2D eigenvalue weighted by Crippen LogP contribution is 2.34. The molecule has 2 amide bonds. The lowest BCUT2D eigenvalue weighted by Gasteiger charge is -2.33. The molecule has 4 heterocycles. The molecule has 0 spiro atoms. The van der Waals surface area contributed by atoms with Gasteiger partial charge in [0, 0.05) is 24.5 Å². The van der Waals surface area contributed by atoms with Crippen molar-refractivity contribution in [2.24, 2.45) is 0 Å². The second-order valence-corrected chi connectivity index (χ2v) is 15.2. The van der Waals surface area contributed by atoms with Gasteiger partial charge in [0.1, 0.15) is 23.6 Å². The van der Waals surface area contributed by atoms with Crippen LogP contribution in [0.15, 0.2) is 71.1 Å². The normalized spacial score (nSPS) is 22.0. The Hall–Kier alpha value is -5.22. The van der Waals surface area contributed by atoms with E-state index in [-0.39, 0.29) is 11.8 Å². The monoisotopic (exact) mass is 818 g/mol. The molecule has 4 N–H and O–H groups in total. The highest BCUT2D eigenvalue weighted by molar-refractivity contribution is 7.80. The van der Waals surface area contributed by atoms with Crippen LogP contribution in [-0.2, 0) is 28.7 Å². The van der Waals surface area contributed by atoms with Gasteiger partial charge in [0.2, 0.25) is 0 Å². The maximum absolute atomic E-state index is 13.9. The summed E-state index contributed by atoms with van der Waals surface area (Å²) in [6.07, 6.45) is 5.02. The van der Waals surface area contributed by atoms with E-state index in [9.17, 15) is 19.2 Å². The molecule has 2 unspecified atom stereocenters. The molecule has 4 aliphatic rings. The fraction of sp³-hybridized carbons (Fsp3) is 0.463. The summed E-state index contributed by atoms with van der Waals surface area (Å²) in [6, 6.07) is 12.9. The predicted molar refractivity (Wildman–Crippen MR) is 220 cm³/mol. The molecule has 57 heavy (non-hydrogen) atoms. The topological polar surface area (TPSA) is 160 Å². The first-order valence-corrected chi connectivity index (χ1v) is 20.1. The van der Waals surface area contributed by atoms with Crippen LogP contribution in [0.2, 0.25) is 0 Å². The van der Waals surface area contributed by atoms with Crippen molar-refractivity contribution in [3.63, 3.8) is 0 Å². The third kappa shape index (κ3) is 9.50. The third-order valence-corrected chi connectivity index (χ3v) is 11.1. The minimum atomic E-state index is -0.616. The van der Waals surface area contributed by atoms with E-state index in [0.717, 1.165) is 43.2 Å². The van der Waals surface area contributed by atoms with E-state index < -0.39 is 36.1 Å². The Labute approximate surface area is 343 Å². The van der Waals surface area contributed by atoms with Crippen LogP contribution in [0.4, 0.5) is 0 Å². The number of thiocarbonyl (C=S) groups is 2. The average Bonchev–Trinajstić information content (AvgIpc) is 3.90. The second kappa shape index (κ2) is 18.8. The van der Waals surface area contributed by atoms with E-state index in [1.807, 2.05) is 62.4 Å². The van der Waals surface area contributed by atoms with Gasteiger partial charge in [-0.3, -0.25) is 9.59 Å². The average molecular weight is 819 g/mol. The van der Waals surface area contributed by atoms with E-state index in [2.05, 4.69) is 21.3 Å². The lowest BCUT2D eigenvalue weighted by Crippen LogP contribution is -2.49. The Morgan fingerprint density at radius 1 is 0.667 bits per heavy atom. The van der Waals surface area contributed by atoms with E-state index in [1.54, 1.807) is 9.80 Å². The summed E-state index contributed by atoms with van der Waals surface area (Å²) < 4.78 is 22.2. The fourth-order valence-electron chi connectivity index (χ4n) is 7.87. The van der Waals surface area contributed by atoms with Crippen LogP contribution in [0.3, 0.4) is 0 Å². The van der Waals surface area contributed by atoms with Gasteiger partial charge in [-0.1, -0.05) is 24.3 Å². The molecule has 2 saturated heterocycles. The Kier molecular flexibility index (Phi) is 13.7. The number of hydrogen-bond acceptors (Lipinski definition) is 10. The van der Waals surface area contributed by atoms with Crippen molar-refractivity contribution in [2.45, 2.75) is 83.0 Å². The maximum Gasteiger partial charge on any atom is 0.328 e. The Bertz CT molecular complexity index is 1830. The van der Waals surface area contributed by atoms with Crippen LogP contribution in [-0.4, -0.2) is 96.4 Å². The largest absolute Gasteiger partial charge is 0.494 e. The van der Waals surface area contributed by atoms with Crippen molar-refractivity contribution in [1.82, 2.24) is 31.1 Å². The van der Waals surface area contributed by atoms with Gasteiger partial charge in [0.05, 0.1) is 50.7 Å². The molecule has 304 valence electrons. The minimum absolute atomic E-state index is 0.236. The van der Waals surface area contributed by atoms with E-state index in [0.29, 0.717) is 83.4 Å². The second-order valence-electron chi connectivity index (χ2n) is 14.4. The van der Waals surface area contributed by atoms with Gasteiger partial charge in [-0.15, -0.1) is 0 Å². The number of methoxy groups -OCH3 is 2. The summed E-state index contributed by atoms with van der Waals surface area (Å²) in [6.45, 7) is 5.55. The first-order valence-electron chi connectivity index (χ1n) is 19.3. The number of nitrogens with zero attached hydrogens (tertiary/aromatic N) is 2. The van der Waals surface area contributed by atoms with Gasteiger partial charge < -0.3 is 50.0 Å². The van der Waals surface area contributed by atoms with Crippen molar-refractivity contribution >= 4 is 58.4 Å². The van der Waals surface area contributed by atoms with Gasteiger partial charge in [-0.05, 0) is 119 Å². The highest BCUT2D eigenvalue weighted by atomic mass is 32.1. The lowest BCUT2D eigenvalue weighted by atomic mass is 9.94. The molecular weight excluding hydrogens is 769 g/mol. The molecule has 0 radical (unpaired) electrons. The number of likely N-dealkylation sites (tertiary alicyclic amines) is 2. The van der Waals surface area contributed by atoms with Gasteiger partial charge in [0.15, 0.2) is 10.2 Å². The number of carbonyl (C=O) groups excluding carboxylic acids is 4. The summed E-state index contributed by atoms with van der Waals surface area (Å²) in [4.78, 5) is 55.8. The number of nitrogens with one attached hydrogen (secondary N) is 4. The number of allylic oxidation sites excluding steroid dienone is 2. The quantitative estimate of drug-likeness (QED) is 0.122. The number of hydrogen-bond donors (Lipinski definition) is 4. The fourth-order valence-corrected chi connectivity index (χ4v) is 8.42. The third-order valence-electron chi connectivity index (χ3n) is 10.7. The zero-order valence-electron chi connectivity index (χ0n) is 32.7. The molecule has 2 aromatic carbocycles. The van der Waals surface area contributed by atoms with Gasteiger partial charge in [0.25, 0.3) is 11.8 Å². The smallest absolute Gasteiger partial charge is 0.328 e. The maximum atomic E-state index is 13.9. The SMILES string of the molecule is COC(=O)[C@@H]1CCCN1C(=O)C1=C(C)NC(=S)NC1c1cccc(OCCCCCOc2cccc(C3NC(=S)NC(C)=C3C(=O)N3CCC[C@H]3C(=O)OC)c2)c1. The van der Waals surface area contributed by atoms with Crippen molar-refractivity contribution in [2.75, 3.05) is 40.5 Å². The van der Waals surface area contributed by atoms with E-state index in [1.165, 1.54) is 14.2 Å². The molecule has 0 bridgehead atoms. The van der Waals surface area contributed by atoms with Crippen molar-refractivity contribution in [3.05, 3.63) is 82.2 Å². The summed E-state index contributed by atoms with van der Waals surface area (Å²) in [5.74, 6) is 0.0362. The number of rotatable bonds is 14. The highest BCUT2D eigenvalue weighted by Gasteiger charge is 2.42. The van der Waals surface area contributed by atoms with Crippen molar-refractivity contribution in [3.8, 4) is 11.5 Å². The molecule has 4 aliphatic heterocycles. The first-order chi connectivity index (χ1) is 27.5. The van der Waals surface area contributed by atoms with Crippen molar-refractivity contribution in [1.29, 1.82) is 0 Å². The summed E-state index contributed by atoms with van der Waals surface area (Å²) >= 11 is 10.9. The molecule has 0 aliphatic carbocycles. The molecule has 0 aromatic heterocycles. The zero-order valence-corrected chi connectivity index (χ0v) is 34.3. The van der Waals surface area contributed by atoms with E-state index >= 15 is 0 Å². The molecule has 4 atom stereocenters. The Morgan fingerprint density at radius 3 is 1.49 bits per heavy atom. The number of ether oxygens (including phenoxy) is 4. The number of esters is 2. The van der Waals surface area contributed by atoms with Crippen LogP contribution in [0.1, 0.15) is 82.0 Å². The number of carbonyl (C=O) groups is 4. The predicted octanol–water partition coefficient (Wildman–Crippen LogP) is 4.23. The molecule has 0 saturated carbocycles. The molecule has 16 heteroatoms. The molecule has 6 rings (SSSR count). The standard InChI is InChI=1S/C41H50N6O8S2/c1-24-32(36(48)46-18-10-16-30(46)38(50)52-3)34(44-40(56)42-24)26-12-8-14-28(22-26)54-20-6-5-7-21-55-29-15-9-13-27(23-29)35-33(25(2)43-41(57)45-35)37(49)47-19-11-17-31(47)39(51)53-4/h8-9,12-15,22-23,30-31,34-35H,5-7,10-11,16-21H2,1-4H3,(H2,42,44,56)(H2,43,45,57)/t30-,31-,34?,35?/m0/s1. The minimum Gasteiger partial charge on any atom is -0.494 e. The lowest BCUT2D eigenvalue weighted by molar-refractivity contribution is -0.150. The number of unbranched alkanes of at least 4 members (excludes halogenated alkanes) is 2. The Balaban J connectivity index is 1.01. The zero-order chi connectivity index (χ0) is 40.6.